The van der Waals surface area contributed by atoms with Crippen molar-refractivity contribution < 1.29 is 14.4 Å². The average molecular weight is 386 g/mol. The van der Waals surface area contributed by atoms with E-state index in [-0.39, 0.29) is 12.3 Å². The molecule has 0 unspecified atom stereocenters. The second kappa shape index (κ2) is 6.85. The first-order valence-corrected chi connectivity index (χ1v) is 9.54. The van der Waals surface area contributed by atoms with Crippen LogP contribution in [0.15, 0.2) is 48.5 Å². The summed E-state index contributed by atoms with van der Waals surface area (Å²) in [5, 5.41) is 0. The molecule has 146 valence electrons. The topological polar surface area (TPSA) is 59.4 Å². The lowest BCUT2D eigenvalue weighted by Crippen LogP contribution is -2.35. The molecule has 2 heterocycles. The van der Waals surface area contributed by atoms with Gasteiger partial charge in [-0.2, -0.15) is 0 Å². The highest BCUT2D eigenvalue weighted by atomic mass is 16.2. The van der Waals surface area contributed by atoms with Gasteiger partial charge in [0.1, 0.15) is 0 Å². The molecule has 0 atom stereocenters. The van der Waals surface area contributed by atoms with E-state index in [1.54, 1.807) is 24.3 Å². The molecule has 0 radical (unpaired) electrons. The van der Waals surface area contributed by atoms with Crippen LogP contribution in [0, 0.1) is 27.7 Å². The van der Waals surface area contributed by atoms with E-state index in [9.17, 15) is 14.4 Å². The third-order valence-electron chi connectivity index (χ3n) is 5.66. The van der Waals surface area contributed by atoms with E-state index in [0.717, 1.165) is 22.0 Å². The van der Waals surface area contributed by atoms with E-state index in [0.29, 0.717) is 16.7 Å². The zero-order valence-electron chi connectivity index (χ0n) is 16.9. The number of aromatic nitrogens is 1. The summed E-state index contributed by atoms with van der Waals surface area (Å²) in [5.41, 5.74) is 6.33. The number of ketones is 1. The molecule has 3 aromatic rings. The predicted molar refractivity (Wildman–Crippen MR) is 111 cm³/mol. The fourth-order valence-corrected chi connectivity index (χ4v) is 3.92. The van der Waals surface area contributed by atoms with Crippen molar-refractivity contribution in [2.75, 3.05) is 6.54 Å². The maximum absolute atomic E-state index is 13.0. The molecule has 0 fully saturated rings. The Hall–Kier alpha value is -3.47. The first-order valence-electron chi connectivity index (χ1n) is 9.54. The Morgan fingerprint density at radius 3 is 2.03 bits per heavy atom. The van der Waals surface area contributed by atoms with Gasteiger partial charge in [0, 0.05) is 22.6 Å². The summed E-state index contributed by atoms with van der Waals surface area (Å²) in [6, 6.07) is 14.7. The van der Waals surface area contributed by atoms with Gasteiger partial charge in [-0.3, -0.25) is 19.3 Å². The van der Waals surface area contributed by atoms with E-state index in [1.807, 2.05) is 30.5 Å². The van der Waals surface area contributed by atoms with Crippen LogP contribution in [0.25, 0.3) is 5.69 Å². The summed E-state index contributed by atoms with van der Waals surface area (Å²) in [6.07, 6.45) is 0. The van der Waals surface area contributed by atoms with Crippen molar-refractivity contribution in [3.8, 4) is 5.69 Å². The maximum Gasteiger partial charge on any atom is 0.261 e. The van der Waals surface area contributed by atoms with Gasteiger partial charge in [0.15, 0.2) is 5.78 Å². The summed E-state index contributed by atoms with van der Waals surface area (Å²) in [4.78, 5) is 39.2. The minimum Gasteiger partial charge on any atom is -0.318 e. The van der Waals surface area contributed by atoms with Crippen LogP contribution >= 0.6 is 0 Å². The van der Waals surface area contributed by atoms with Crippen LogP contribution in [0.1, 0.15) is 53.6 Å². The van der Waals surface area contributed by atoms with Crippen LogP contribution in [0.4, 0.5) is 0 Å². The Bertz CT molecular complexity index is 1150. The fourth-order valence-electron chi connectivity index (χ4n) is 3.92. The number of nitrogens with zero attached hydrogens (tertiary/aromatic N) is 2. The van der Waals surface area contributed by atoms with E-state index >= 15 is 0 Å². The lowest BCUT2D eigenvalue weighted by molar-refractivity contribution is 0.0624. The zero-order valence-corrected chi connectivity index (χ0v) is 16.9. The Morgan fingerprint density at radius 2 is 1.45 bits per heavy atom. The van der Waals surface area contributed by atoms with Gasteiger partial charge in [-0.25, -0.2) is 0 Å². The second-order valence-electron chi connectivity index (χ2n) is 7.55. The molecule has 1 aliphatic rings. The molecule has 4 rings (SSSR count). The lowest BCUT2D eigenvalue weighted by atomic mass is 10.1. The highest BCUT2D eigenvalue weighted by Crippen LogP contribution is 2.26. The van der Waals surface area contributed by atoms with Crippen molar-refractivity contribution in [1.82, 2.24) is 9.47 Å². The van der Waals surface area contributed by atoms with Crippen LogP contribution in [-0.4, -0.2) is 33.6 Å². The third kappa shape index (κ3) is 2.99. The molecular weight excluding hydrogens is 364 g/mol. The molecule has 0 spiro atoms. The number of hydrogen-bond donors (Lipinski definition) is 0. The Morgan fingerprint density at radius 1 is 0.828 bits per heavy atom. The largest absolute Gasteiger partial charge is 0.318 e. The summed E-state index contributed by atoms with van der Waals surface area (Å²) in [7, 11) is 0. The molecule has 29 heavy (non-hydrogen) atoms. The monoisotopic (exact) mass is 386 g/mol. The normalized spacial score (nSPS) is 13.2. The Labute approximate surface area is 169 Å². The van der Waals surface area contributed by atoms with Crippen LogP contribution in [0.3, 0.4) is 0 Å². The average Bonchev–Trinajstić information content (AvgIpc) is 3.13. The number of carbonyl (C=O) groups excluding carboxylic acids is 3. The molecular formula is C24H22N2O3. The highest BCUT2D eigenvalue weighted by molar-refractivity contribution is 6.23. The smallest absolute Gasteiger partial charge is 0.261 e. The van der Waals surface area contributed by atoms with E-state index < -0.39 is 11.8 Å². The Balaban J connectivity index is 1.65. The minimum absolute atomic E-state index is 0.248. The Kier molecular flexibility index (Phi) is 4.46. The molecule has 5 nitrogen and oxygen atoms in total. The van der Waals surface area contributed by atoms with Crippen molar-refractivity contribution in [3.63, 3.8) is 0 Å². The maximum atomic E-state index is 13.0. The van der Waals surface area contributed by atoms with Gasteiger partial charge in [0.05, 0.1) is 17.7 Å². The van der Waals surface area contributed by atoms with Crippen LogP contribution in [0.5, 0.6) is 0 Å². The number of benzene rings is 2. The van der Waals surface area contributed by atoms with Gasteiger partial charge >= 0.3 is 0 Å². The van der Waals surface area contributed by atoms with Crippen molar-refractivity contribution in [2.24, 2.45) is 0 Å². The SMILES string of the molecule is Cc1ccc(-n2c(C)cc(C(=O)CN3C(=O)c4ccccc4C3=O)c2C)cc1C. The molecule has 1 aliphatic heterocycles. The van der Waals surface area contributed by atoms with Gasteiger partial charge in [0.25, 0.3) is 11.8 Å². The van der Waals surface area contributed by atoms with Gasteiger partial charge in [-0.1, -0.05) is 18.2 Å². The van der Waals surface area contributed by atoms with Crippen LogP contribution < -0.4 is 0 Å². The molecule has 5 heteroatoms. The molecule has 0 aliphatic carbocycles. The standard InChI is InChI=1S/C24H22N2O3/c1-14-9-10-18(11-15(14)2)26-16(3)12-21(17(26)4)22(27)13-25-23(28)19-7-5-6-8-20(19)24(25)29/h5-12H,13H2,1-4H3. The number of imide groups is 1. The fraction of sp³-hybridized carbons (Fsp3) is 0.208. The van der Waals surface area contributed by atoms with Crippen molar-refractivity contribution in [3.05, 3.63) is 87.7 Å². The van der Waals surface area contributed by atoms with E-state index in [1.165, 1.54) is 11.1 Å². The lowest BCUT2D eigenvalue weighted by Gasteiger charge is -2.14. The van der Waals surface area contributed by atoms with Crippen LogP contribution in [-0.2, 0) is 0 Å². The summed E-state index contributed by atoms with van der Waals surface area (Å²) < 4.78 is 2.03. The van der Waals surface area contributed by atoms with Gasteiger partial charge in [0.2, 0.25) is 0 Å². The first kappa shape index (κ1) is 18.9. The summed E-state index contributed by atoms with van der Waals surface area (Å²) >= 11 is 0. The number of fused-ring (bicyclic) bond motifs is 1. The summed E-state index contributed by atoms with van der Waals surface area (Å²) in [6.45, 7) is 7.69. The molecule has 1 aromatic heterocycles. The number of carbonyl (C=O) groups is 3. The molecule has 0 saturated carbocycles. The van der Waals surface area contributed by atoms with Crippen molar-refractivity contribution >= 4 is 17.6 Å². The number of amides is 2. The minimum atomic E-state index is -0.415. The zero-order chi connectivity index (χ0) is 20.9. The van der Waals surface area contributed by atoms with Crippen molar-refractivity contribution in [1.29, 1.82) is 0 Å². The quantitative estimate of drug-likeness (QED) is 0.499. The molecule has 0 bridgehead atoms. The molecule has 2 aromatic carbocycles. The molecule has 2 amide bonds. The predicted octanol–water partition coefficient (Wildman–Crippen LogP) is 4.19. The van der Waals surface area contributed by atoms with E-state index in [2.05, 4.69) is 26.0 Å². The number of aryl methyl sites for hydroxylation is 3. The number of hydrogen-bond acceptors (Lipinski definition) is 3. The second-order valence-corrected chi connectivity index (χ2v) is 7.55. The van der Waals surface area contributed by atoms with Gasteiger partial charge in [-0.15, -0.1) is 0 Å². The summed E-state index contributed by atoms with van der Waals surface area (Å²) in [5.74, 6) is -1.08. The van der Waals surface area contributed by atoms with Crippen LogP contribution in [0.2, 0.25) is 0 Å². The first-order chi connectivity index (χ1) is 13.8. The molecule has 0 saturated heterocycles. The van der Waals surface area contributed by atoms with Crippen molar-refractivity contribution in [2.45, 2.75) is 27.7 Å². The third-order valence-corrected chi connectivity index (χ3v) is 5.66. The number of rotatable bonds is 4. The van der Waals surface area contributed by atoms with E-state index in [4.69, 9.17) is 0 Å². The van der Waals surface area contributed by atoms with Gasteiger partial charge in [-0.05, 0) is 69.2 Å². The van der Waals surface area contributed by atoms with Gasteiger partial charge < -0.3 is 4.57 Å². The number of Topliss-reactive ketones (excluding diaryl/α,β-unsaturated/α-hetero) is 1. The molecule has 0 N–H and O–H groups in total. The highest BCUT2D eigenvalue weighted by Gasteiger charge is 2.36.